The van der Waals surface area contributed by atoms with Gasteiger partial charge in [-0.15, -0.1) is 0 Å². The molecule has 0 aromatic heterocycles. The van der Waals surface area contributed by atoms with Crippen LogP contribution in [0.2, 0.25) is 0 Å². The molecule has 4 atom stereocenters. The maximum absolute atomic E-state index is 13.5. The molecule has 0 spiro atoms. The predicted molar refractivity (Wildman–Crippen MR) is 162 cm³/mol. The summed E-state index contributed by atoms with van der Waals surface area (Å²) in [6, 6.07) is 15.5. The van der Waals surface area contributed by atoms with Gasteiger partial charge in [0.2, 0.25) is 12.7 Å². The van der Waals surface area contributed by atoms with Crippen molar-refractivity contribution >= 4 is 11.9 Å². The van der Waals surface area contributed by atoms with Crippen molar-refractivity contribution in [2.75, 3.05) is 27.1 Å². The number of nitrogens with two attached hydrogens (primary N) is 1. The first kappa shape index (κ1) is 30.2. The number of benzene rings is 3. The number of amides is 1. The molecule has 3 N–H and O–H groups in total. The van der Waals surface area contributed by atoms with Crippen molar-refractivity contribution < 1.29 is 33.6 Å². The zero-order valence-electron chi connectivity index (χ0n) is 25.2. The van der Waals surface area contributed by atoms with E-state index < -0.39 is 35.8 Å². The molecule has 0 aliphatic carbocycles. The summed E-state index contributed by atoms with van der Waals surface area (Å²) in [5, 5.41) is 10.8. The summed E-state index contributed by atoms with van der Waals surface area (Å²) in [5.74, 6) is -0.601. The SMILES string of the molecule is CCCOc1ccc(C2C(C(=O)O)C(c3ccc4c(c3)OCO4)CN2C(C(N)=O)c2c(CC)cccc2CC)cc1OC. The summed E-state index contributed by atoms with van der Waals surface area (Å²) in [6.07, 6.45) is 2.24. The van der Waals surface area contributed by atoms with E-state index in [0.29, 0.717) is 48.0 Å². The molecule has 5 rings (SSSR count). The Morgan fingerprint density at radius 3 is 2.30 bits per heavy atom. The molecular formula is C34H40N2O7. The lowest BCUT2D eigenvalue weighted by molar-refractivity contribution is -0.143. The van der Waals surface area contributed by atoms with Gasteiger partial charge in [-0.05, 0) is 71.3 Å². The van der Waals surface area contributed by atoms with Gasteiger partial charge in [0, 0.05) is 18.5 Å². The Kier molecular flexibility index (Phi) is 9.11. The third kappa shape index (κ3) is 5.73. The molecule has 228 valence electrons. The Hall–Kier alpha value is -4.24. The molecule has 2 aliphatic rings. The maximum atomic E-state index is 13.5. The molecule has 0 radical (unpaired) electrons. The summed E-state index contributed by atoms with van der Waals surface area (Å²) >= 11 is 0. The summed E-state index contributed by atoms with van der Waals surface area (Å²) in [6.45, 7) is 7.04. The molecule has 0 bridgehead atoms. The number of ether oxygens (including phenoxy) is 4. The predicted octanol–water partition coefficient (Wildman–Crippen LogP) is 5.41. The minimum absolute atomic E-state index is 0.115. The van der Waals surface area contributed by atoms with E-state index in [4.69, 9.17) is 24.7 Å². The van der Waals surface area contributed by atoms with Gasteiger partial charge in [0.25, 0.3) is 0 Å². The van der Waals surface area contributed by atoms with E-state index in [2.05, 4.69) is 0 Å². The Morgan fingerprint density at radius 2 is 1.67 bits per heavy atom. The number of hydrogen-bond donors (Lipinski definition) is 2. The minimum atomic E-state index is -0.969. The summed E-state index contributed by atoms with van der Waals surface area (Å²) in [5.41, 5.74) is 10.6. The van der Waals surface area contributed by atoms with E-state index in [1.165, 1.54) is 0 Å². The summed E-state index contributed by atoms with van der Waals surface area (Å²) in [4.78, 5) is 28.7. The standard InChI is InChI=1S/C34H40N2O7/c1-5-15-41-25-14-12-23(17-27(25)40-4)31-30(34(38)39)24(22-11-13-26-28(16-22)43-19-42-26)18-36(31)32(33(35)37)29-20(6-2)9-8-10-21(29)7-3/h8-14,16-17,24,30-32H,5-7,15,18-19H2,1-4H3,(H2,35,37)(H,38,39). The Labute approximate surface area is 252 Å². The smallest absolute Gasteiger partial charge is 0.309 e. The number of hydrogen-bond acceptors (Lipinski definition) is 7. The van der Waals surface area contributed by atoms with Crippen LogP contribution < -0.4 is 24.7 Å². The van der Waals surface area contributed by atoms with E-state index in [9.17, 15) is 14.7 Å². The van der Waals surface area contributed by atoms with Gasteiger partial charge in [-0.3, -0.25) is 14.5 Å². The van der Waals surface area contributed by atoms with Crippen LogP contribution in [0.3, 0.4) is 0 Å². The summed E-state index contributed by atoms with van der Waals surface area (Å²) < 4.78 is 22.7. The highest BCUT2D eigenvalue weighted by atomic mass is 16.7. The van der Waals surface area contributed by atoms with Gasteiger partial charge in [0.05, 0.1) is 19.6 Å². The van der Waals surface area contributed by atoms with Crippen molar-refractivity contribution in [1.29, 1.82) is 0 Å². The molecule has 2 heterocycles. The highest BCUT2D eigenvalue weighted by Gasteiger charge is 2.51. The Bertz CT molecular complexity index is 1470. The molecule has 2 aliphatic heterocycles. The van der Waals surface area contributed by atoms with Crippen LogP contribution in [0.5, 0.6) is 23.0 Å². The van der Waals surface area contributed by atoms with E-state index in [1.807, 2.05) is 80.3 Å². The fourth-order valence-corrected chi connectivity index (χ4v) is 6.61. The van der Waals surface area contributed by atoms with E-state index in [0.717, 1.165) is 28.7 Å². The zero-order valence-corrected chi connectivity index (χ0v) is 25.2. The topological polar surface area (TPSA) is 121 Å². The molecular weight excluding hydrogens is 548 g/mol. The van der Waals surface area contributed by atoms with Crippen molar-refractivity contribution in [3.8, 4) is 23.0 Å². The molecule has 4 unspecified atom stereocenters. The number of likely N-dealkylation sites (tertiary alicyclic amines) is 1. The highest BCUT2D eigenvalue weighted by molar-refractivity contribution is 5.83. The van der Waals surface area contributed by atoms with E-state index in [-0.39, 0.29) is 13.3 Å². The molecule has 3 aromatic rings. The minimum Gasteiger partial charge on any atom is -0.493 e. The van der Waals surface area contributed by atoms with Crippen molar-refractivity contribution in [3.63, 3.8) is 0 Å². The normalized spacial score (nSPS) is 20.1. The molecule has 9 heteroatoms. The molecule has 1 fully saturated rings. The first-order valence-electron chi connectivity index (χ1n) is 14.9. The van der Waals surface area contributed by atoms with E-state index in [1.54, 1.807) is 7.11 Å². The number of carboxylic acid groups (broad SMARTS) is 1. The lowest BCUT2D eigenvalue weighted by Crippen LogP contribution is -2.40. The number of primary amides is 1. The van der Waals surface area contributed by atoms with Gasteiger partial charge in [-0.2, -0.15) is 0 Å². The van der Waals surface area contributed by atoms with Crippen LogP contribution in [-0.2, 0) is 22.4 Å². The second-order valence-corrected chi connectivity index (χ2v) is 11.0. The number of aryl methyl sites for hydroxylation is 2. The lowest BCUT2D eigenvalue weighted by Gasteiger charge is -2.35. The molecule has 1 saturated heterocycles. The highest BCUT2D eigenvalue weighted by Crippen LogP contribution is 2.52. The van der Waals surface area contributed by atoms with Crippen LogP contribution in [0.1, 0.15) is 73.0 Å². The van der Waals surface area contributed by atoms with Crippen LogP contribution in [0.15, 0.2) is 54.6 Å². The van der Waals surface area contributed by atoms with Crippen molar-refractivity contribution in [3.05, 3.63) is 82.4 Å². The Balaban J connectivity index is 1.70. The zero-order chi connectivity index (χ0) is 30.7. The van der Waals surface area contributed by atoms with Gasteiger partial charge < -0.3 is 29.8 Å². The van der Waals surface area contributed by atoms with Gasteiger partial charge >= 0.3 is 5.97 Å². The quantitative estimate of drug-likeness (QED) is 0.288. The van der Waals surface area contributed by atoms with Gasteiger partial charge in [0.15, 0.2) is 23.0 Å². The first-order valence-corrected chi connectivity index (χ1v) is 14.9. The van der Waals surface area contributed by atoms with Crippen LogP contribution >= 0.6 is 0 Å². The van der Waals surface area contributed by atoms with Crippen LogP contribution in [0, 0.1) is 5.92 Å². The van der Waals surface area contributed by atoms with Crippen molar-refractivity contribution in [1.82, 2.24) is 4.90 Å². The molecule has 1 amide bonds. The second-order valence-electron chi connectivity index (χ2n) is 11.0. The molecule has 0 saturated carbocycles. The third-order valence-electron chi connectivity index (χ3n) is 8.56. The Morgan fingerprint density at radius 1 is 0.977 bits per heavy atom. The van der Waals surface area contributed by atoms with Crippen LogP contribution in [0.25, 0.3) is 0 Å². The number of methoxy groups -OCH3 is 1. The fraction of sp³-hybridized carbons (Fsp3) is 0.412. The number of aliphatic carboxylic acids is 1. The lowest BCUT2D eigenvalue weighted by atomic mass is 9.82. The summed E-state index contributed by atoms with van der Waals surface area (Å²) in [7, 11) is 1.56. The first-order chi connectivity index (χ1) is 20.8. The van der Waals surface area contributed by atoms with Gasteiger partial charge in [-0.25, -0.2) is 0 Å². The van der Waals surface area contributed by atoms with Crippen molar-refractivity contribution in [2.24, 2.45) is 11.7 Å². The van der Waals surface area contributed by atoms with E-state index >= 15 is 0 Å². The molecule has 43 heavy (non-hydrogen) atoms. The number of carbonyl (C=O) groups is 2. The second kappa shape index (κ2) is 13.0. The number of nitrogens with zero attached hydrogens (tertiary/aromatic N) is 1. The third-order valence-corrected chi connectivity index (χ3v) is 8.56. The largest absolute Gasteiger partial charge is 0.493 e. The number of rotatable bonds is 12. The van der Waals surface area contributed by atoms with Crippen LogP contribution in [0.4, 0.5) is 0 Å². The van der Waals surface area contributed by atoms with Crippen LogP contribution in [-0.4, -0.2) is 48.9 Å². The van der Waals surface area contributed by atoms with Crippen molar-refractivity contribution in [2.45, 2.75) is 58.0 Å². The van der Waals surface area contributed by atoms with Gasteiger partial charge in [0.1, 0.15) is 6.04 Å². The number of fused-ring (bicyclic) bond motifs is 1. The monoisotopic (exact) mass is 588 g/mol. The maximum Gasteiger partial charge on any atom is 0.309 e. The molecule has 3 aromatic carbocycles. The average molecular weight is 589 g/mol. The number of carbonyl (C=O) groups excluding carboxylic acids is 1. The number of carboxylic acids is 1. The van der Waals surface area contributed by atoms with Gasteiger partial charge in [-0.1, -0.05) is 51.1 Å². The fourth-order valence-electron chi connectivity index (χ4n) is 6.61. The average Bonchev–Trinajstić information content (AvgIpc) is 3.65. The molecule has 9 nitrogen and oxygen atoms in total.